The van der Waals surface area contributed by atoms with Crippen LogP contribution in [0.3, 0.4) is 0 Å². The van der Waals surface area contributed by atoms with Crippen molar-refractivity contribution in [3.05, 3.63) is 65.1 Å². The largest absolute Gasteiger partial charge is 0.378 e. The van der Waals surface area contributed by atoms with Crippen LogP contribution in [0.2, 0.25) is 5.02 Å². The van der Waals surface area contributed by atoms with E-state index in [0.717, 1.165) is 11.1 Å². The van der Waals surface area contributed by atoms with Crippen molar-refractivity contribution in [2.24, 2.45) is 7.05 Å². The van der Waals surface area contributed by atoms with Crippen molar-refractivity contribution in [1.29, 1.82) is 0 Å². The van der Waals surface area contributed by atoms with Gasteiger partial charge in [-0.25, -0.2) is 4.39 Å². The molecular weight excluding hydrogens is 275 g/mol. The maximum atomic E-state index is 13.8. The monoisotopic (exact) mass is 288 g/mol. The number of anilines is 1. The van der Waals surface area contributed by atoms with Crippen molar-refractivity contribution >= 4 is 28.2 Å². The Bertz CT molecular complexity index is 764. The zero-order valence-corrected chi connectivity index (χ0v) is 11.8. The Kier molecular flexibility index (Phi) is 3.36. The van der Waals surface area contributed by atoms with Gasteiger partial charge in [0.1, 0.15) is 0 Å². The standard InChI is InChI=1S/C16H14ClFN2/c1-20-10-11(12-5-2-3-8-15(12)20)9-19-14-7-4-6-13(17)16(14)18/h2-8,10,19H,9H2,1H3. The van der Waals surface area contributed by atoms with Gasteiger partial charge in [0.05, 0.1) is 10.7 Å². The minimum Gasteiger partial charge on any atom is -0.378 e. The lowest BCUT2D eigenvalue weighted by molar-refractivity contribution is 0.630. The van der Waals surface area contributed by atoms with E-state index in [1.54, 1.807) is 18.2 Å². The summed E-state index contributed by atoms with van der Waals surface area (Å²) in [5.41, 5.74) is 2.71. The molecular formula is C16H14ClFN2. The van der Waals surface area contributed by atoms with Gasteiger partial charge in [-0.15, -0.1) is 0 Å². The lowest BCUT2D eigenvalue weighted by Crippen LogP contribution is -2.01. The number of hydrogen-bond acceptors (Lipinski definition) is 1. The Morgan fingerprint density at radius 1 is 1.15 bits per heavy atom. The molecule has 0 fully saturated rings. The van der Waals surface area contributed by atoms with Gasteiger partial charge in [-0.3, -0.25) is 0 Å². The van der Waals surface area contributed by atoms with E-state index in [4.69, 9.17) is 11.6 Å². The van der Waals surface area contributed by atoms with Crippen molar-refractivity contribution in [3.63, 3.8) is 0 Å². The Morgan fingerprint density at radius 2 is 1.95 bits per heavy atom. The fourth-order valence-corrected chi connectivity index (χ4v) is 2.57. The number of benzene rings is 2. The van der Waals surface area contributed by atoms with Gasteiger partial charge in [0, 0.05) is 30.7 Å². The first-order valence-electron chi connectivity index (χ1n) is 6.37. The van der Waals surface area contributed by atoms with Crippen molar-refractivity contribution in [3.8, 4) is 0 Å². The number of rotatable bonds is 3. The summed E-state index contributed by atoms with van der Waals surface area (Å²) in [4.78, 5) is 0. The van der Waals surface area contributed by atoms with Gasteiger partial charge in [0.2, 0.25) is 0 Å². The van der Waals surface area contributed by atoms with Crippen molar-refractivity contribution in [2.45, 2.75) is 6.54 Å². The average molecular weight is 289 g/mol. The maximum absolute atomic E-state index is 13.8. The molecule has 3 rings (SSSR count). The third kappa shape index (κ3) is 2.25. The number of hydrogen-bond donors (Lipinski definition) is 1. The molecule has 1 aromatic heterocycles. The van der Waals surface area contributed by atoms with Crippen LogP contribution in [0, 0.1) is 5.82 Å². The van der Waals surface area contributed by atoms with Crippen LogP contribution in [0.15, 0.2) is 48.7 Å². The summed E-state index contributed by atoms with van der Waals surface area (Å²) < 4.78 is 15.9. The maximum Gasteiger partial charge on any atom is 0.164 e. The molecule has 2 nitrogen and oxygen atoms in total. The molecule has 0 bridgehead atoms. The van der Waals surface area contributed by atoms with E-state index in [0.29, 0.717) is 12.2 Å². The number of aryl methyl sites for hydroxylation is 1. The summed E-state index contributed by atoms with van der Waals surface area (Å²) in [7, 11) is 2.01. The fraction of sp³-hybridized carbons (Fsp3) is 0.125. The highest BCUT2D eigenvalue weighted by atomic mass is 35.5. The normalized spacial score (nSPS) is 10.9. The Balaban J connectivity index is 1.89. The molecule has 0 amide bonds. The molecule has 0 radical (unpaired) electrons. The summed E-state index contributed by atoms with van der Waals surface area (Å²) in [6.07, 6.45) is 2.06. The molecule has 0 aliphatic carbocycles. The van der Waals surface area contributed by atoms with Gasteiger partial charge in [-0.1, -0.05) is 35.9 Å². The summed E-state index contributed by atoms with van der Waals surface area (Å²) >= 11 is 5.78. The zero-order chi connectivity index (χ0) is 14.1. The topological polar surface area (TPSA) is 17.0 Å². The molecule has 3 aromatic rings. The molecule has 4 heteroatoms. The summed E-state index contributed by atoms with van der Waals surface area (Å²) in [6.45, 7) is 0.554. The number of halogens is 2. The van der Waals surface area contributed by atoms with E-state index < -0.39 is 5.82 Å². The van der Waals surface area contributed by atoms with Crippen LogP contribution in [0.25, 0.3) is 10.9 Å². The van der Waals surface area contributed by atoms with E-state index in [2.05, 4.69) is 28.2 Å². The van der Waals surface area contributed by atoms with Gasteiger partial charge in [-0.05, 0) is 23.8 Å². The van der Waals surface area contributed by atoms with Gasteiger partial charge in [0.25, 0.3) is 0 Å². The quantitative estimate of drug-likeness (QED) is 0.746. The molecule has 2 aromatic carbocycles. The van der Waals surface area contributed by atoms with Gasteiger partial charge in [0.15, 0.2) is 5.82 Å². The molecule has 1 N–H and O–H groups in total. The van der Waals surface area contributed by atoms with Crippen molar-refractivity contribution in [1.82, 2.24) is 4.57 Å². The predicted molar refractivity (Wildman–Crippen MR) is 81.7 cm³/mol. The summed E-state index contributed by atoms with van der Waals surface area (Å²) in [6, 6.07) is 13.1. The van der Waals surface area contributed by atoms with E-state index in [1.165, 1.54) is 5.39 Å². The van der Waals surface area contributed by atoms with Gasteiger partial charge in [-0.2, -0.15) is 0 Å². The predicted octanol–water partition coefficient (Wildman–Crippen LogP) is 4.58. The highest BCUT2D eigenvalue weighted by Gasteiger charge is 2.08. The smallest absolute Gasteiger partial charge is 0.164 e. The average Bonchev–Trinajstić information content (AvgIpc) is 2.78. The van der Waals surface area contributed by atoms with Crippen LogP contribution in [-0.4, -0.2) is 4.57 Å². The molecule has 0 unspecified atom stereocenters. The second-order valence-corrected chi connectivity index (χ2v) is 5.14. The third-order valence-corrected chi connectivity index (χ3v) is 3.69. The lowest BCUT2D eigenvalue weighted by atomic mass is 10.1. The van der Waals surface area contributed by atoms with Crippen LogP contribution in [-0.2, 0) is 13.6 Å². The minimum atomic E-state index is -0.408. The molecule has 0 spiro atoms. The molecule has 1 heterocycles. The molecule has 0 aliphatic heterocycles. The van der Waals surface area contributed by atoms with Gasteiger partial charge >= 0.3 is 0 Å². The number of para-hydroxylation sites is 1. The van der Waals surface area contributed by atoms with Crippen LogP contribution in [0.4, 0.5) is 10.1 Å². The van der Waals surface area contributed by atoms with Gasteiger partial charge < -0.3 is 9.88 Å². The lowest BCUT2D eigenvalue weighted by Gasteiger charge is -2.07. The SMILES string of the molecule is Cn1cc(CNc2cccc(Cl)c2F)c2ccccc21. The second kappa shape index (κ2) is 5.17. The summed E-state index contributed by atoms with van der Waals surface area (Å²) in [5.74, 6) is -0.408. The minimum absolute atomic E-state index is 0.132. The first-order valence-corrected chi connectivity index (χ1v) is 6.75. The fourth-order valence-electron chi connectivity index (χ4n) is 2.40. The molecule has 20 heavy (non-hydrogen) atoms. The zero-order valence-electron chi connectivity index (χ0n) is 11.0. The Labute approximate surface area is 121 Å². The van der Waals surface area contributed by atoms with Crippen LogP contribution in [0.1, 0.15) is 5.56 Å². The van der Waals surface area contributed by atoms with Crippen LogP contribution in [0.5, 0.6) is 0 Å². The third-order valence-electron chi connectivity index (χ3n) is 3.40. The molecule has 0 saturated carbocycles. The van der Waals surface area contributed by atoms with E-state index in [1.807, 2.05) is 19.2 Å². The molecule has 102 valence electrons. The molecule has 0 saturated heterocycles. The number of nitrogens with zero attached hydrogens (tertiary/aromatic N) is 1. The van der Waals surface area contributed by atoms with Crippen molar-refractivity contribution < 1.29 is 4.39 Å². The molecule has 0 atom stereocenters. The van der Waals surface area contributed by atoms with Crippen molar-refractivity contribution in [2.75, 3.05) is 5.32 Å². The number of fused-ring (bicyclic) bond motifs is 1. The first-order chi connectivity index (χ1) is 9.66. The Hall–Kier alpha value is -2.00. The van der Waals surface area contributed by atoms with E-state index in [9.17, 15) is 4.39 Å². The number of aromatic nitrogens is 1. The highest BCUT2D eigenvalue weighted by Crippen LogP contribution is 2.25. The van der Waals surface area contributed by atoms with E-state index in [-0.39, 0.29) is 5.02 Å². The van der Waals surface area contributed by atoms with E-state index >= 15 is 0 Å². The highest BCUT2D eigenvalue weighted by molar-refractivity contribution is 6.31. The second-order valence-electron chi connectivity index (χ2n) is 4.74. The number of nitrogens with one attached hydrogen (secondary N) is 1. The van der Waals surface area contributed by atoms with Crippen LogP contribution >= 0.6 is 11.6 Å². The summed E-state index contributed by atoms with van der Waals surface area (Å²) in [5, 5.41) is 4.41. The van der Waals surface area contributed by atoms with Crippen LogP contribution < -0.4 is 5.32 Å². The molecule has 0 aliphatic rings. The Morgan fingerprint density at radius 3 is 2.80 bits per heavy atom. The first kappa shape index (κ1) is 13.0.